The van der Waals surface area contributed by atoms with Crippen molar-refractivity contribution in [3.05, 3.63) is 22.2 Å². The van der Waals surface area contributed by atoms with E-state index in [1.807, 2.05) is 0 Å². The van der Waals surface area contributed by atoms with E-state index in [2.05, 4.69) is 16.2 Å². The summed E-state index contributed by atoms with van der Waals surface area (Å²) in [4.78, 5) is 7.46. The zero-order valence-corrected chi connectivity index (χ0v) is 8.21. The Kier molecular flexibility index (Phi) is 1.94. The van der Waals surface area contributed by atoms with Gasteiger partial charge in [-0.05, 0) is 12.8 Å². The van der Waals surface area contributed by atoms with Crippen LogP contribution in [0.25, 0.3) is 0 Å². The van der Waals surface area contributed by atoms with E-state index in [1.54, 1.807) is 0 Å². The molecule has 12 heavy (non-hydrogen) atoms. The van der Waals surface area contributed by atoms with E-state index in [0.29, 0.717) is 5.82 Å². The molecule has 0 unspecified atom stereocenters. The van der Waals surface area contributed by atoms with Gasteiger partial charge in [-0.3, -0.25) is 0 Å². The SMILES string of the molecule is Clc1[c]nc(C2(Cl)CC2)nc1Cl. The van der Waals surface area contributed by atoms with Crippen LogP contribution in [0.1, 0.15) is 18.7 Å². The minimum atomic E-state index is -0.398. The third-order valence-corrected chi connectivity index (χ3v) is 2.92. The summed E-state index contributed by atoms with van der Waals surface area (Å²) >= 11 is 17.3. The lowest BCUT2D eigenvalue weighted by atomic mass is 10.4. The molecule has 5 heteroatoms. The molecular weight excluding hydrogens is 218 g/mol. The molecule has 1 heterocycles. The minimum absolute atomic E-state index is 0.216. The van der Waals surface area contributed by atoms with Gasteiger partial charge >= 0.3 is 0 Å². The van der Waals surface area contributed by atoms with Gasteiger partial charge in [-0.2, -0.15) is 0 Å². The lowest BCUT2D eigenvalue weighted by molar-refractivity contribution is 0.859. The van der Waals surface area contributed by atoms with Crippen molar-refractivity contribution in [2.24, 2.45) is 0 Å². The predicted molar refractivity (Wildman–Crippen MR) is 47.7 cm³/mol. The van der Waals surface area contributed by atoms with Gasteiger partial charge in [0.05, 0.1) is 0 Å². The molecule has 0 atom stereocenters. The van der Waals surface area contributed by atoms with Gasteiger partial charge < -0.3 is 0 Å². The second kappa shape index (κ2) is 2.72. The van der Waals surface area contributed by atoms with Gasteiger partial charge in [0.25, 0.3) is 0 Å². The molecule has 1 fully saturated rings. The molecule has 1 radical (unpaired) electrons. The van der Waals surface area contributed by atoms with Crippen LogP contribution in [0.2, 0.25) is 10.2 Å². The Labute approximate surface area is 84.9 Å². The van der Waals surface area contributed by atoms with Crippen LogP contribution in [0.15, 0.2) is 0 Å². The van der Waals surface area contributed by atoms with Gasteiger partial charge in [0.15, 0.2) is 11.0 Å². The summed E-state index contributed by atoms with van der Waals surface area (Å²) in [6.45, 7) is 0. The van der Waals surface area contributed by atoms with Gasteiger partial charge in [-0.25, -0.2) is 9.97 Å². The molecule has 63 valence electrons. The smallest absolute Gasteiger partial charge is 0.152 e. The number of halogens is 3. The summed E-state index contributed by atoms with van der Waals surface area (Å²) in [7, 11) is 0. The fourth-order valence-electron chi connectivity index (χ4n) is 0.849. The topological polar surface area (TPSA) is 25.8 Å². The molecule has 1 aliphatic rings. The molecule has 1 aromatic rings. The van der Waals surface area contributed by atoms with Crippen molar-refractivity contribution >= 4 is 34.8 Å². The second-order valence-corrected chi connectivity index (χ2v) is 4.19. The molecule has 0 amide bonds. The highest BCUT2D eigenvalue weighted by Gasteiger charge is 2.45. The highest BCUT2D eigenvalue weighted by Crippen LogP contribution is 2.50. The number of aromatic nitrogens is 2. The van der Waals surface area contributed by atoms with Crippen molar-refractivity contribution in [3.8, 4) is 0 Å². The number of alkyl halides is 1. The Hall–Kier alpha value is -0.0500. The molecule has 1 aromatic heterocycles. The van der Waals surface area contributed by atoms with Crippen molar-refractivity contribution < 1.29 is 0 Å². The van der Waals surface area contributed by atoms with E-state index in [4.69, 9.17) is 34.8 Å². The third-order valence-electron chi connectivity index (χ3n) is 1.73. The molecule has 0 bridgehead atoms. The average Bonchev–Trinajstić information content (AvgIpc) is 2.75. The maximum atomic E-state index is 6.05. The fourth-order valence-corrected chi connectivity index (χ4v) is 1.23. The Morgan fingerprint density at radius 1 is 1.33 bits per heavy atom. The summed E-state index contributed by atoms with van der Waals surface area (Å²) in [5.41, 5.74) is 0. The van der Waals surface area contributed by atoms with Crippen molar-refractivity contribution in [3.63, 3.8) is 0 Å². The van der Waals surface area contributed by atoms with E-state index in [0.717, 1.165) is 12.8 Å². The first-order chi connectivity index (χ1) is 5.62. The predicted octanol–water partition coefficient (Wildman–Crippen LogP) is 2.81. The van der Waals surface area contributed by atoms with Crippen LogP contribution in [0, 0.1) is 6.20 Å². The van der Waals surface area contributed by atoms with Gasteiger partial charge in [-0.15, -0.1) is 11.6 Å². The lowest BCUT2D eigenvalue weighted by Gasteiger charge is -2.03. The number of nitrogens with zero attached hydrogens (tertiary/aromatic N) is 2. The van der Waals surface area contributed by atoms with Gasteiger partial charge in [0.1, 0.15) is 16.1 Å². The van der Waals surface area contributed by atoms with Gasteiger partial charge in [-0.1, -0.05) is 23.2 Å². The first kappa shape index (κ1) is 8.54. The zero-order valence-electron chi connectivity index (χ0n) is 5.94. The number of hydrogen-bond acceptors (Lipinski definition) is 2. The van der Waals surface area contributed by atoms with E-state index < -0.39 is 4.87 Å². The summed E-state index contributed by atoms with van der Waals surface area (Å²) in [5, 5.41) is 0.454. The maximum absolute atomic E-state index is 6.05. The maximum Gasteiger partial charge on any atom is 0.152 e. The van der Waals surface area contributed by atoms with Crippen molar-refractivity contribution in [2.75, 3.05) is 0 Å². The largest absolute Gasteiger partial charge is 0.228 e. The Bertz CT molecular complexity index is 322. The van der Waals surface area contributed by atoms with E-state index in [1.165, 1.54) is 0 Å². The van der Waals surface area contributed by atoms with E-state index in [9.17, 15) is 0 Å². The lowest BCUT2D eigenvalue weighted by Crippen LogP contribution is -2.03. The van der Waals surface area contributed by atoms with Gasteiger partial charge in [0.2, 0.25) is 0 Å². The monoisotopic (exact) mass is 221 g/mol. The molecule has 0 saturated heterocycles. The zero-order chi connectivity index (χ0) is 8.77. The van der Waals surface area contributed by atoms with Crippen LogP contribution in [0.5, 0.6) is 0 Å². The summed E-state index contributed by atoms with van der Waals surface area (Å²) < 4.78 is 0. The first-order valence-electron chi connectivity index (χ1n) is 3.42. The molecular formula is C7H4Cl3N2. The summed E-state index contributed by atoms with van der Waals surface area (Å²) in [6.07, 6.45) is 4.33. The first-order valence-corrected chi connectivity index (χ1v) is 4.55. The minimum Gasteiger partial charge on any atom is -0.228 e. The normalized spacial score (nSPS) is 19.2. The molecule has 1 saturated carbocycles. The molecule has 2 nitrogen and oxygen atoms in total. The molecule has 1 aliphatic carbocycles. The standard InChI is InChI=1S/C7H4Cl3N2/c8-4-3-11-6(12-5(4)9)7(10)1-2-7/h1-2H2. The average molecular weight is 222 g/mol. The molecule has 2 rings (SSSR count). The van der Waals surface area contributed by atoms with Crippen LogP contribution in [0.4, 0.5) is 0 Å². The highest BCUT2D eigenvalue weighted by atomic mass is 35.5. The molecule has 0 spiro atoms. The van der Waals surface area contributed by atoms with Crippen LogP contribution in [-0.4, -0.2) is 9.97 Å². The van der Waals surface area contributed by atoms with Crippen LogP contribution >= 0.6 is 34.8 Å². The van der Waals surface area contributed by atoms with Crippen molar-refractivity contribution in [1.29, 1.82) is 0 Å². The summed E-state index contributed by atoms with van der Waals surface area (Å²) in [6, 6.07) is 0. The Morgan fingerprint density at radius 3 is 2.50 bits per heavy atom. The highest BCUT2D eigenvalue weighted by molar-refractivity contribution is 6.41. The number of hydrogen-bond donors (Lipinski definition) is 0. The summed E-state index contributed by atoms with van der Waals surface area (Å²) in [5.74, 6) is 0.526. The third kappa shape index (κ3) is 1.39. The molecule has 0 N–H and O–H groups in total. The molecule has 0 aliphatic heterocycles. The quantitative estimate of drug-likeness (QED) is 0.539. The number of rotatable bonds is 1. The van der Waals surface area contributed by atoms with Crippen molar-refractivity contribution in [1.82, 2.24) is 9.97 Å². The van der Waals surface area contributed by atoms with Crippen LogP contribution in [0.3, 0.4) is 0 Å². The van der Waals surface area contributed by atoms with E-state index in [-0.39, 0.29) is 10.2 Å². The fraction of sp³-hybridized carbons (Fsp3) is 0.429. The van der Waals surface area contributed by atoms with Crippen LogP contribution in [-0.2, 0) is 4.87 Å². The second-order valence-electron chi connectivity index (χ2n) is 2.73. The molecule has 0 aromatic carbocycles. The van der Waals surface area contributed by atoms with E-state index >= 15 is 0 Å². The Balaban J connectivity index is 2.41. The van der Waals surface area contributed by atoms with Crippen molar-refractivity contribution in [2.45, 2.75) is 17.7 Å². The Morgan fingerprint density at radius 2 is 2.00 bits per heavy atom. The van der Waals surface area contributed by atoms with Gasteiger partial charge in [0, 0.05) is 0 Å². The van der Waals surface area contributed by atoms with Crippen LogP contribution < -0.4 is 0 Å².